The minimum Gasteiger partial charge on any atom is -0.352 e. The molecule has 0 radical (unpaired) electrons. The summed E-state index contributed by atoms with van der Waals surface area (Å²) in [7, 11) is 1.64. The van der Waals surface area contributed by atoms with E-state index in [0.29, 0.717) is 17.9 Å². The molecule has 0 fully saturated rings. The van der Waals surface area contributed by atoms with Crippen molar-refractivity contribution in [3.8, 4) is 0 Å². The molecule has 0 spiro atoms. The van der Waals surface area contributed by atoms with Crippen LogP contribution in [0.5, 0.6) is 0 Å². The number of anilines is 1. The average molecular weight is 329 g/mol. The Morgan fingerprint density at radius 3 is 2.59 bits per heavy atom. The molecule has 2 aromatic rings. The third kappa shape index (κ3) is 4.45. The maximum Gasteiger partial charge on any atom is 0.427 e. The maximum absolute atomic E-state index is 12.4. The number of carbonyl (C=O) groups is 1. The molecule has 0 atom stereocenters. The van der Waals surface area contributed by atoms with Crippen LogP contribution >= 0.6 is 11.3 Å². The Morgan fingerprint density at radius 1 is 1.32 bits per heavy atom. The smallest absolute Gasteiger partial charge is 0.352 e. The average Bonchev–Trinajstić information content (AvgIpc) is 2.94. The molecule has 0 unspecified atom stereocenters. The van der Waals surface area contributed by atoms with Crippen molar-refractivity contribution in [2.24, 2.45) is 0 Å². The first-order valence-electron chi connectivity index (χ1n) is 6.41. The van der Waals surface area contributed by atoms with Crippen LogP contribution < -0.4 is 5.32 Å². The molecule has 22 heavy (non-hydrogen) atoms. The lowest BCUT2D eigenvalue weighted by atomic mass is 10.2. The maximum atomic E-state index is 12.4. The van der Waals surface area contributed by atoms with Crippen molar-refractivity contribution in [2.45, 2.75) is 12.7 Å². The molecule has 0 aliphatic carbocycles. The Hall–Kier alpha value is -2.09. The van der Waals surface area contributed by atoms with Gasteiger partial charge in [0.1, 0.15) is 4.88 Å². The van der Waals surface area contributed by atoms with Crippen molar-refractivity contribution < 1.29 is 18.0 Å². The molecule has 0 bridgehead atoms. The van der Waals surface area contributed by atoms with Crippen LogP contribution in [0.2, 0.25) is 0 Å². The second-order valence-electron chi connectivity index (χ2n) is 4.62. The van der Waals surface area contributed by atoms with Gasteiger partial charge in [-0.3, -0.25) is 4.79 Å². The zero-order chi connectivity index (χ0) is 16.2. The summed E-state index contributed by atoms with van der Waals surface area (Å²) in [6.07, 6.45) is -3.66. The molecule has 0 saturated carbocycles. The summed E-state index contributed by atoms with van der Waals surface area (Å²) < 4.78 is 37.3. The first kappa shape index (κ1) is 16.3. The van der Waals surface area contributed by atoms with E-state index in [1.54, 1.807) is 7.05 Å². The van der Waals surface area contributed by atoms with Crippen molar-refractivity contribution in [3.63, 3.8) is 0 Å². The summed E-state index contributed by atoms with van der Waals surface area (Å²) in [5.41, 5.74) is 0.979. The fourth-order valence-corrected chi connectivity index (χ4v) is 2.40. The van der Waals surface area contributed by atoms with Crippen LogP contribution in [0, 0.1) is 0 Å². The molecule has 1 N–H and O–H groups in total. The highest BCUT2D eigenvalue weighted by molar-refractivity contribution is 7.15. The van der Waals surface area contributed by atoms with Gasteiger partial charge in [0.15, 0.2) is 5.13 Å². The second-order valence-corrected chi connectivity index (χ2v) is 5.65. The number of carbonyl (C=O) groups excluding carboxylic acids is 1. The fraction of sp³-hybridized carbons (Fsp3) is 0.286. The summed E-state index contributed by atoms with van der Waals surface area (Å²) in [5.74, 6) is -0.229. The number of thiazole rings is 1. The number of nitrogens with one attached hydrogen (secondary N) is 1. The highest BCUT2D eigenvalue weighted by Crippen LogP contribution is 2.34. The molecule has 1 aromatic heterocycles. The van der Waals surface area contributed by atoms with Crippen LogP contribution in [0.1, 0.15) is 10.4 Å². The molecule has 0 aliphatic heterocycles. The predicted octanol–water partition coefficient (Wildman–Crippen LogP) is 3.23. The molecule has 1 amide bonds. The highest BCUT2D eigenvalue weighted by Gasteiger charge is 2.33. The van der Waals surface area contributed by atoms with Gasteiger partial charge in [0.2, 0.25) is 5.91 Å². The molecular formula is C14H14F3N3OS. The van der Waals surface area contributed by atoms with E-state index in [4.69, 9.17) is 0 Å². The third-order valence-electron chi connectivity index (χ3n) is 2.86. The van der Waals surface area contributed by atoms with E-state index in [9.17, 15) is 18.0 Å². The summed E-state index contributed by atoms with van der Waals surface area (Å²) in [4.78, 5) is 16.3. The van der Waals surface area contributed by atoms with Crippen molar-refractivity contribution in [2.75, 3.05) is 18.9 Å². The van der Waals surface area contributed by atoms with Gasteiger partial charge in [0.25, 0.3) is 0 Å². The molecule has 2 rings (SSSR count). The Kier molecular flexibility index (Phi) is 5.02. The van der Waals surface area contributed by atoms with Gasteiger partial charge in [-0.05, 0) is 5.56 Å². The summed E-state index contributed by atoms with van der Waals surface area (Å²) >= 11 is 0.480. The Morgan fingerprint density at radius 2 is 2.00 bits per heavy atom. The number of aromatic nitrogens is 1. The van der Waals surface area contributed by atoms with Crippen molar-refractivity contribution in [3.05, 3.63) is 47.0 Å². The number of likely N-dealkylation sites (N-methyl/N-ethyl adjacent to an activating group) is 1. The molecule has 4 nitrogen and oxygen atoms in total. The highest BCUT2D eigenvalue weighted by atomic mass is 32.1. The summed E-state index contributed by atoms with van der Waals surface area (Å²) in [6.45, 7) is 0.334. The second kappa shape index (κ2) is 6.78. The number of amides is 1. The van der Waals surface area contributed by atoms with Gasteiger partial charge < -0.3 is 10.2 Å². The zero-order valence-corrected chi connectivity index (χ0v) is 12.5. The third-order valence-corrected chi connectivity index (χ3v) is 3.86. The number of hydrogen-bond donors (Lipinski definition) is 1. The van der Waals surface area contributed by atoms with Crippen LogP contribution in [0.3, 0.4) is 0 Å². The van der Waals surface area contributed by atoms with Crippen molar-refractivity contribution in [1.82, 2.24) is 9.88 Å². The number of rotatable bonds is 5. The van der Waals surface area contributed by atoms with Crippen LogP contribution in [0.4, 0.5) is 18.3 Å². The number of hydrogen-bond acceptors (Lipinski definition) is 4. The first-order valence-corrected chi connectivity index (χ1v) is 7.22. The number of nitrogens with zero attached hydrogens (tertiary/aromatic N) is 2. The van der Waals surface area contributed by atoms with Crippen molar-refractivity contribution >= 4 is 22.4 Å². The Balaban J connectivity index is 1.86. The summed E-state index contributed by atoms with van der Waals surface area (Å²) in [6, 6.07) is 9.43. The van der Waals surface area contributed by atoms with E-state index < -0.39 is 11.1 Å². The summed E-state index contributed by atoms with van der Waals surface area (Å²) in [5, 5.41) is 2.70. The van der Waals surface area contributed by atoms with E-state index in [2.05, 4.69) is 10.3 Å². The lowest BCUT2D eigenvalue weighted by Gasteiger charge is -2.17. The largest absolute Gasteiger partial charge is 0.427 e. The minimum atomic E-state index is -4.41. The topological polar surface area (TPSA) is 45.2 Å². The zero-order valence-electron chi connectivity index (χ0n) is 11.7. The van der Waals surface area contributed by atoms with Gasteiger partial charge in [-0.15, -0.1) is 0 Å². The number of benzene rings is 1. The molecule has 8 heteroatoms. The molecule has 0 saturated heterocycles. The predicted molar refractivity (Wildman–Crippen MR) is 78.5 cm³/mol. The fourth-order valence-electron chi connectivity index (χ4n) is 1.72. The number of halogens is 3. The lowest BCUT2D eigenvalue weighted by molar-refractivity contribution is -0.134. The van der Waals surface area contributed by atoms with Gasteiger partial charge in [-0.1, -0.05) is 41.7 Å². The Bertz CT molecular complexity index is 628. The SMILES string of the molecule is CN(Cc1ccccc1)C(=O)CNc1ncc(C(F)(F)F)s1. The van der Waals surface area contributed by atoms with E-state index in [0.717, 1.165) is 11.8 Å². The molecule has 0 aliphatic rings. The molecule has 1 heterocycles. The lowest BCUT2D eigenvalue weighted by Crippen LogP contribution is -2.31. The van der Waals surface area contributed by atoms with Crippen LogP contribution in [0.25, 0.3) is 0 Å². The van der Waals surface area contributed by atoms with Crippen LogP contribution in [0.15, 0.2) is 36.5 Å². The normalized spacial score (nSPS) is 11.3. The monoisotopic (exact) mass is 329 g/mol. The number of alkyl halides is 3. The standard InChI is InChI=1S/C14H14F3N3OS/c1-20(9-10-5-3-2-4-6-10)12(21)8-19-13-18-7-11(22-13)14(15,16)17/h2-7H,8-9H2,1H3,(H,18,19). The van der Waals surface area contributed by atoms with E-state index >= 15 is 0 Å². The van der Waals surface area contributed by atoms with Gasteiger partial charge in [0.05, 0.1) is 12.7 Å². The minimum absolute atomic E-state index is 0.0776. The van der Waals surface area contributed by atoms with Crippen LogP contribution in [-0.2, 0) is 17.5 Å². The van der Waals surface area contributed by atoms with E-state index in [1.165, 1.54) is 4.90 Å². The van der Waals surface area contributed by atoms with Crippen molar-refractivity contribution in [1.29, 1.82) is 0 Å². The van der Waals surface area contributed by atoms with Gasteiger partial charge in [-0.25, -0.2) is 4.98 Å². The van der Waals surface area contributed by atoms with Gasteiger partial charge in [0, 0.05) is 13.6 Å². The van der Waals surface area contributed by atoms with E-state index in [-0.39, 0.29) is 17.6 Å². The first-order chi connectivity index (χ1) is 10.4. The molecule has 1 aromatic carbocycles. The van der Waals surface area contributed by atoms with E-state index in [1.807, 2.05) is 30.3 Å². The molecule has 118 valence electrons. The quantitative estimate of drug-likeness (QED) is 0.916. The molecular weight excluding hydrogens is 315 g/mol. The van der Waals surface area contributed by atoms with Crippen LogP contribution in [-0.4, -0.2) is 29.4 Å². The Labute approximate surface area is 129 Å². The van der Waals surface area contributed by atoms with Gasteiger partial charge >= 0.3 is 6.18 Å². The van der Waals surface area contributed by atoms with Gasteiger partial charge in [-0.2, -0.15) is 13.2 Å².